The SMILES string of the molecule is CN1CCC(Oc2ncc(NC(=O)Nc3ccc(Oc4ccnc5[nH]cc(Cl)c45)cc3F)cc2C(F)(F)F)CC1. The molecule has 3 aromatic heterocycles. The first-order valence-electron chi connectivity index (χ1n) is 12.2. The standard InChI is InChI=1S/C26H23ClF4N6O3/c1-37-8-5-15(6-9-37)40-24-17(26(29,30)31)10-14(12-34-24)35-25(38)36-20-3-2-16(11-19(20)28)39-21-4-7-32-23-22(21)18(27)13-33-23/h2-4,7,10-13,15H,5-6,8-9H2,1H3,(H,32,33)(H2,35,36,38). The number of ether oxygens (including phenoxy) is 2. The second-order valence-corrected chi connectivity index (χ2v) is 9.59. The largest absolute Gasteiger partial charge is 0.474 e. The Labute approximate surface area is 230 Å². The maximum absolute atomic E-state index is 14.8. The molecule has 1 saturated heterocycles. The van der Waals surface area contributed by atoms with Gasteiger partial charge in [-0.05, 0) is 44.2 Å². The number of urea groups is 1. The number of pyridine rings is 2. The van der Waals surface area contributed by atoms with Gasteiger partial charge >= 0.3 is 12.2 Å². The van der Waals surface area contributed by atoms with Gasteiger partial charge in [0.2, 0.25) is 5.88 Å². The molecule has 0 saturated carbocycles. The molecule has 9 nitrogen and oxygen atoms in total. The fraction of sp³-hybridized carbons (Fsp3) is 0.269. The first kappa shape index (κ1) is 27.5. The van der Waals surface area contributed by atoms with Crippen LogP contribution < -0.4 is 20.1 Å². The van der Waals surface area contributed by atoms with Crippen molar-refractivity contribution in [2.45, 2.75) is 25.1 Å². The highest BCUT2D eigenvalue weighted by molar-refractivity contribution is 6.36. The number of fused-ring (bicyclic) bond motifs is 1. The first-order valence-corrected chi connectivity index (χ1v) is 12.5. The van der Waals surface area contributed by atoms with Crippen molar-refractivity contribution < 1.29 is 31.8 Å². The molecule has 3 N–H and O–H groups in total. The van der Waals surface area contributed by atoms with Gasteiger partial charge in [0.05, 0.1) is 28.0 Å². The van der Waals surface area contributed by atoms with Crippen LogP contribution in [0.3, 0.4) is 0 Å². The minimum Gasteiger partial charge on any atom is -0.474 e. The van der Waals surface area contributed by atoms with Gasteiger partial charge < -0.3 is 30.0 Å². The van der Waals surface area contributed by atoms with Gasteiger partial charge in [0.25, 0.3) is 0 Å². The van der Waals surface area contributed by atoms with E-state index in [0.29, 0.717) is 47.7 Å². The number of rotatable bonds is 6. The smallest absolute Gasteiger partial charge is 0.421 e. The number of likely N-dealkylation sites (tertiary alicyclic amines) is 1. The number of halogens is 5. The van der Waals surface area contributed by atoms with Gasteiger partial charge in [-0.25, -0.2) is 19.2 Å². The van der Waals surface area contributed by atoms with Crippen molar-refractivity contribution in [1.82, 2.24) is 19.9 Å². The Morgan fingerprint density at radius 3 is 2.65 bits per heavy atom. The molecule has 1 aliphatic rings. The lowest BCUT2D eigenvalue weighted by atomic mass is 10.1. The van der Waals surface area contributed by atoms with E-state index in [2.05, 4.69) is 30.5 Å². The fourth-order valence-corrected chi connectivity index (χ4v) is 4.46. The second kappa shape index (κ2) is 11.2. The van der Waals surface area contributed by atoms with Crippen molar-refractivity contribution in [3.63, 3.8) is 0 Å². The Bertz CT molecular complexity index is 1540. The summed E-state index contributed by atoms with van der Waals surface area (Å²) in [6.07, 6.45) is 0.0598. The van der Waals surface area contributed by atoms with Crippen LogP contribution >= 0.6 is 11.6 Å². The maximum Gasteiger partial charge on any atom is 0.421 e. The topological polar surface area (TPSA) is 104 Å². The molecular weight excluding hydrogens is 556 g/mol. The number of aromatic amines is 1. The summed E-state index contributed by atoms with van der Waals surface area (Å²) in [6.45, 7) is 1.40. The average molecular weight is 579 g/mol. The monoisotopic (exact) mass is 578 g/mol. The fourth-order valence-electron chi connectivity index (χ4n) is 4.22. The van der Waals surface area contributed by atoms with E-state index in [4.69, 9.17) is 21.1 Å². The Balaban J connectivity index is 1.26. The normalized spacial score (nSPS) is 14.8. The Morgan fingerprint density at radius 1 is 1.15 bits per heavy atom. The molecule has 4 heterocycles. The van der Waals surface area contributed by atoms with Crippen LogP contribution in [0.15, 0.2) is 48.9 Å². The Kier molecular flexibility index (Phi) is 7.68. The quantitative estimate of drug-likeness (QED) is 0.221. The molecule has 4 aromatic rings. The molecular formula is C26H23ClF4N6O3. The highest BCUT2D eigenvalue weighted by atomic mass is 35.5. The summed E-state index contributed by atoms with van der Waals surface area (Å²) < 4.78 is 67.3. The third kappa shape index (κ3) is 6.20. The van der Waals surface area contributed by atoms with Crippen molar-refractivity contribution in [3.8, 4) is 17.4 Å². The van der Waals surface area contributed by atoms with Crippen LogP contribution in [0.25, 0.3) is 11.0 Å². The molecule has 1 fully saturated rings. The van der Waals surface area contributed by atoms with E-state index in [1.807, 2.05) is 7.05 Å². The summed E-state index contributed by atoms with van der Waals surface area (Å²) in [4.78, 5) is 25.3. The van der Waals surface area contributed by atoms with Gasteiger partial charge in [-0.3, -0.25) is 0 Å². The van der Waals surface area contributed by atoms with Gasteiger partial charge in [-0.1, -0.05) is 11.6 Å². The number of anilines is 2. The zero-order chi connectivity index (χ0) is 28.4. The van der Waals surface area contributed by atoms with E-state index < -0.39 is 35.6 Å². The van der Waals surface area contributed by atoms with Crippen molar-refractivity contribution in [2.75, 3.05) is 30.8 Å². The number of nitrogens with one attached hydrogen (secondary N) is 3. The van der Waals surface area contributed by atoms with Crippen molar-refractivity contribution in [3.05, 3.63) is 65.3 Å². The highest BCUT2D eigenvalue weighted by Crippen LogP contribution is 2.38. The minimum atomic E-state index is -4.77. The second-order valence-electron chi connectivity index (χ2n) is 9.19. The molecule has 0 radical (unpaired) electrons. The summed E-state index contributed by atoms with van der Waals surface area (Å²) in [7, 11) is 1.93. The summed E-state index contributed by atoms with van der Waals surface area (Å²) in [5, 5.41) is 5.40. The van der Waals surface area contributed by atoms with Gasteiger partial charge in [0.1, 0.15) is 34.6 Å². The maximum atomic E-state index is 14.8. The molecule has 1 aliphatic heterocycles. The van der Waals surface area contributed by atoms with E-state index in [9.17, 15) is 22.4 Å². The van der Waals surface area contributed by atoms with Crippen LogP contribution in [-0.4, -0.2) is 52.1 Å². The molecule has 40 heavy (non-hydrogen) atoms. The van der Waals surface area contributed by atoms with Gasteiger partial charge in [0.15, 0.2) is 0 Å². The zero-order valence-corrected chi connectivity index (χ0v) is 21.7. The number of hydrogen-bond donors (Lipinski definition) is 3. The number of carbonyl (C=O) groups is 1. The summed E-state index contributed by atoms with van der Waals surface area (Å²) in [5.74, 6) is -0.936. The van der Waals surface area contributed by atoms with Crippen molar-refractivity contribution in [2.24, 2.45) is 0 Å². The van der Waals surface area contributed by atoms with Crippen molar-refractivity contribution >= 4 is 40.0 Å². The minimum absolute atomic E-state index is 0.118. The van der Waals surface area contributed by atoms with Gasteiger partial charge in [0, 0.05) is 31.5 Å². The molecule has 0 spiro atoms. The number of hydrogen-bond acceptors (Lipinski definition) is 6. The molecule has 210 valence electrons. The number of H-pyrrole nitrogens is 1. The summed E-state index contributed by atoms with van der Waals surface area (Å²) in [6, 6.07) is 5.02. The van der Waals surface area contributed by atoms with Crippen LogP contribution in [-0.2, 0) is 6.18 Å². The number of nitrogens with zero attached hydrogens (tertiary/aromatic N) is 3. The number of benzene rings is 1. The molecule has 0 aliphatic carbocycles. The molecule has 0 unspecified atom stereocenters. The number of aromatic nitrogens is 3. The number of alkyl halides is 3. The molecule has 0 bridgehead atoms. The van der Waals surface area contributed by atoms with E-state index >= 15 is 0 Å². The predicted molar refractivity (Wildman–Crippen MR) is 141 cm³/mol. The predicted octanol–water partition coefficient (Wildman–Crippen LogP) is 6.68. The third-order valence-corrected chi connectivity index (χ3v) is 6.56. The van der Waals surface area contributed by atoms with E-state index in [1.54, 1.807) is 12.3 Å². The molecule has 1 aromatic carbocycles. The number of carbonyl (C=O) groups excluding carboxylic acids is 1. The van der Waals surface area contributed by atoms with Gasteiger partial charge in [-0.2, -0.15) is 13.2 Å². The molecule has 2 amide bonds. The lowest BCUT2D eigenvalue weighted by Crippen LogP contribution is -2.36. The van der Waals surface area contributed by atoms with Gasteiger partial charge in [-0.15, -0.1) is 0 Å². The van der Waals surface area contributed by atoms with Crippen LogP contribution in [0, 0.1) is 5.82 Å². The highest BCUT2D eigenvalue weighted by Gasteiger charge is 2.37. The first-order chi connectivity index (χ1) is 19.1. The summed E-state index contributed by atoms with van der Waals surface area (Å²) >= 11 is 6.16. The number of amides is 2. The molecule has 5 rings (SSSR count). The Hall–Kier alpha value is -4.10. The van der Waals surface area contributed by atoms with Crippen molar-refractivity contribution in [1.29, 1.82) is 0 Å². The molecule has 0 atom stereocenters. The van der Waals surface area contributed by atoms with E-state index in [0.717, 1.165) is 18.3 Å². The lowest BCUT2D eigenvalue weighted by molar-refractivity contribution is -0.139. The van der Waals surface area contributed by atoms with E-state index in [-0.39, 0.29) is 17.1 Å². The average Bonchev–Trinajstić information content (AvgIpc) is 3.29. The van der Waals surface area contributed by atoms with E-state index in [1.165, 1.54) is 18.3 Å². The summed E-state index contributed by atoms with van der Waals surface area (Å²) in [5.41, 5.74) is -1.10. The Morgan fingerprint density at radius 2 is 1.93 bits per heavy atom. The zero-order valence-electron chi connectivity index (χ0n) is 21.0. The number of piperidine rings is 1. The van der Waals surface area contributed by atoms with Crippen LogP contribution in [0.4, 0.5) is 33.7 Å². The van der Waals surface area contributed by atoms with Crippen LogP contribution in [0.1, 0.15) is 18.4 Å². The molecule has 14 heteroatoms. The lowest BCUT2D eigenvalue weighted by Gasteiger charge is -2.29. The third-order valence-electron chi connectivity index (χ3n) is 6.26. The van der Waals surface area contributed by atoms with Crippen LogP contribution in [0.5, 0.6) is 17.4 Å². The van der Waals surface area contributed by atoms with Crippen LogP contribution in [0.2, 0.25) is 5.02 Å².